The molecule has 8 nitrogen and oxygen atoms in total. The smallest absolute Gasteiger partial charge is 0.303 e. The Morgan fingerprint density at radius 1 is 0.872 bits per heavy atom. The molecule has 0 radical (unpaired) electrons. The van der Waals surface area contributed by atoms with Gasteiger partial charge in [0.15, 0.2) is 6.10 Å². The number of carbonyl (C=O) groups excluding carboxylic acids is 1. The highest BCUT2D eigenvalue weighted by Gasteiger charge is 2.59. The van der Waals surface area contributed by atoms with Crippen LogP contribution in [0.5, 0.6) is 0 Å². The Morgan fingerprint density at radius 2 is 1.44 bits per heavy atom. The molecule has 1 fully saturated rings. The van der Waals surface area contributed by atoms with Crippen molar-refractivity contribution in [1.82, 2.24) is 0 Å². The number of hydrogen-bond donors (Lipinski definition) is 0. The molecule has 3 aromatic rings. The minimum absolute atomic E-state index is 0.0690. The van der Waals surface area contributed by atoms with Crippen LogP contribution in [-0.2, 0) is 51.3 Å². The SMILES string of the molecule is CC(=O)O[C@H]1C(Sc2ccccc2)O[C@@](COCc2ccccc2)(COS(C)(=O)=O)[C@H]1OCc1ccccc1. The molecule has 0 aromatic heterocycles. The van der Waals surface area contributed by atoms with Crippen molar-refractivity contribution in [1.29, 1.82) is 0 Å². The van der Waals surface area contributed by atoms with Crippen LogP contribution in [0.25, 0.3) is 0 Å². The molecule has 0 spiro atoms. The van der Waals surface area contributed by atoms with Crippen molar-refractivity contribution in [3.63, 3.8) is 0 Å². The van der Waals surface area contributed by atoms with E-state index in [4.69, 9.17) is 23.1 Å². The van der Waals surface area contributed by atoms with E-state index in [0.29, 0.717) is 0 Å². The lowest BCUT2D eigenvalue weighted by Gasteiger charge is -2.34. The van der Waals surface area contributed by atoms with Crippen molar-refractivity contribution in [2.24, 2.45) is 0 Å². The van der Waals surface area contributed by atoms with Crippen LogP contribution in [0.4, 0.5) is 0 Å². The van der Waals surface area contributed by atoms with Crippen molar-refractivity contribution in [3.05, 3.63) is 102 Å². The lowest BCUT2D eigenvalue weighted by atomic mass is 9.96. The second kappa shape index (κ2) is 13.6. The molecule has 0 amide bonds. The normalized spacial score (nSPS) is 23.0. The van der Waals surface area contributed by atoms with E-state index in [9.17, 15) is 13.2 Å². The fraction of sp³-hybridized carbons (Fsp3) is 0.345. The van der Waals surface area contributed by atoms with Crippen LogP contribution in [-0.4, -0.2) is 57.1 Å². The number of benzene rings is 3. The zero-order chi connectivity index (χ0) is 27.7. The second-order valence-electron chi connectivity index (χ2n) is 9.22. The van der Waals surface area contributed by atoms with E-state index in [2.05, 4.69) is 0 Å². The maximum atomic E-state index is 12.2. The standard InChI is InChI=1S/C29H32O8S2/c1-22(30)36-26-27(34-19-24-14-8-4-9-15-24)29(21-35-39(2,31)32,20-33-18-23-12-6-3-7-13-23)37-28(26)38-25-16-10-5-11-17-25/h3-17,26-28H,18-21H2,1-2H3/t26-,27+,28?,29+/m1/s1. The third-order valence-electron chi connectivity index (χ3n) is 5.98. The zero-order valence-corrected chi connectivity index (χ0v) is 23.4. The summed E-state index contributed by atoms with van der Waals surface area (Å²) in [5, 5.41) is 0. The summed E-state index contributed by atoms with van der Waals surface area (Å²) in [5.41, 5.74) is -0.302. The van der Waals surface area contributed by atoms with Crippen molar-refractivity contribution in [3.8, 4) is 0 Å². The Bertz CT molecular complexity index is 1290. The number of hydrogen-bond acceptors (Lipinski definition) is 9. The summed E-state index contributed by atoms with van der Waals surface area (Å²) in [6.45, 7) is 1.29. The Hall–Kier alpha value is -2.73. The molecule has 3 aromatic carbocycles. The van der Waals surface area contributed by atoms with Crippen LogP contribution >= 0.6 is 11.8 Å². The quantitative estimate of drug-likeness (QED) is 0.215. The van der Waals surface area contributed by atoms with Crippen LogP contribution in [0.3, 0.4) is 0 Å². The molecule has 1 unspecified atom stereocenters. The number of thioether (sulfide) groups is 1. The second-order valence-corrected chi connectivity index (χ2v) is 12.0. The predicted octanol–water partition coefficient (Wildman–Crippen LogP) is 4.58. The minimum atomic E-state index is -3.84. The lowest BCUT2D eigenvalue weighted by Crippen LogP contribution is -2.53. The molecule has 39 heavy (non-hydrogen) atoms. The zero-order valence-electron chi connectivity index (χ0n) is 21.8. The fourth-order valence-electron chi connectivity index (χ4n) is 4.24. The molecule has 0 saturated carbocycles. The molecule has 1 aliphatic heterocycles. The van der Waals surface area contributed by atoms with E-state index in [1.165, 1.54) is 18.7 Å². The van der Waals surface area contributed by atoms with E-state index in [1.807, 2.05) is 91.0 Å². The van der Waals surface area contributed by atoms with Gasteiger partial charge in [0.25, 0.3) is 10.1 Å². The van der Waals surface area contributed by atoms with Gasteiger partial charge in [-0.1, -0.05) is 90.6 Å². The van der Waals surface area contributed by atoms with Gasteiger partial charge in [-0.2, -0.15) is 8.42 Å². The first kappa shape index (κ1) is 29.3. The number of ether oxygens (including phenoxy) is 4. The molecule has 1 saturated heterocycles. The minimum Gasteiger partial charge on any atom is -0.456 e. The van der Waals surface area contributed by atoms with Crippen molar-refractivity contribution in [2.75, 3.05) is 19.5 Å². The summed E-state index contributed by atoms with van der Waals surface area (Å²) in [5.74, 6) is -0.513. The highest BCUT2D eigenvalue weighted by Crippen LogP contribution is 2.43. The number of carbonyl (C=O) groups is 1. The van der Waals surface area contributed by atoms with Gasteiger partial charge in [-0.25, -0.2) is 0 Å². The molecule has 208 valence electrons. The van der Waals surface area contributed by atoms with Crippen molar-refractivity contribution in [2.45, 2.75) is 48.3 Å². The van der Waals surface area contributed by atoms with Gasteiger partial charge in [0.1, 0.15) is 23.7 Å². The molecule has 4 atom stereocenters. The van der Waals surface area contributed by atoms with Crippen molar-refractivity contribution < 1.29 is 36.3 Å². The fourth-order valence-corrected chi connectivity index (χ4v) is 5.81. The van der Waals surface area contributed by atoms with E-state index in [-0.39, 0.29) is 26.4 Å². The summed E-state index contributed by atoms with van der Waals surface area (Å²) in [6.07, 6.45) is -0.805. The van der Waals surface area contributed by atoms with Gasteiger partial charge in [-0.15, -0.1) is 0 Å². The summed E-state index contributed by atoms with van der Waals surface area (Å²) >= 11 is 1.35. The van der Waals surface area contributed by atoms with E-state index in [0.717, 1.165) is 22.3 Å². The molecule has 0 N–H and O–H groups in total. The third-order valence-corrected chi connectivity index (χ3v) is 7.67. The van der Waals surface area contributed by atoms with Crippen LogP contribution in [0, 0.1) is 0 Å². The molecule has 0 bridgehead atoms. The van der Waals surface area contributed by atoms with E-state index in [1.54, 1.807) is 0 Å². The largest absolute Gasteiger partial charge is 0.456 e. The molecule has 10 heteroatoms. The monoisotopic (exact) mass is 572 g/mol. The van der Waals surface area contributed by atoms with Gasteiger partial charge in [0.05, 0.1) is 26.1 Å². The number of rotatable bonds is 13. The first-order valence-electron chi connectivity index (χ1n) is 12.4. The predicted molar refractivity (Wildman–Crippen MR) is 147 cm³/mol. The summed E-state index contributed by atoms with van der Waals surface area (Å²) in [7, 11) is -3.84. The van der Waals surface area contributed by atoms with E-state index >= 15 is 0 Å². The van der Waals surface area contributed by atoms with Gasteiger partial charge < -0.3 is 18.9 Å². The Morgan fingerprint density at radius 3 is 2.00 bits per heavy atom. The van der Waals surface area contributed by atoms with Crippen molar-refractivity contribution >= 4 is 27.8 Å². The van der Waals surface area contributed by atoms with Crippen LogP contribution in [0.15, 0.2) is 95.9 Å². The molecular weight excluding hydrogens is 540 g/mol. The lowest BCUT2D eigenvalue weighted by molar-refractivity contribution is -0.166. The third kappa shape index (κ3) is 8.63. The highest BCUT2D eigenvalue weighted by molar-refractivity contribution is 7.99. The van der Waals surface area contributed by atoms with Gasteiger partial charge >= 0.3 is 5.97 Å². The molecule has 1 aliphatic rings. The van der Waals surface area contributed by atoms with Gasteiger partial charge in [0.2, 0.25) is 0 Å². The number of esters is 1. The molecule has 0 aliphatic carbocycles. The summed E-state index contributed by atoms with van der Waals surface area (Å²) in [6, 6.07) is 28.6. The van der Waals surface area contributed by atoms with Crippen LogP contribution < -0.4 is 0 Å². The van der Waals surface area contributed by atoms with Crippen LogP contribution in [0.2, 0.25) is 0 Å². The average molecular weight is 573 g/mol. The molecule has 4 rings (SSSR count). The first-order chi connectivity index (χ1) is 18.7. The Labute approximate surface area is 233 Å². The van der Waals surface area contributed by atoms with E-state index < -0.39 is 39.3 Å². The highest BCUT2D eigenvalue weighted by atomic mass is 32.2. The Kier molecular flexibility index (Phi) is 10.2. The maximum Gasteiger partial charge on any atom is 0.303 e. The Balaban J connectivity index is 1.68. The first-order valence-corrected chi connectivity index (χ1v) is 15.1. The summed E-state index contributed by atoms with van der Waals surface area (Å²) < 4.78 is 54.3. The topological polar surface area (TPSA) is 97.4 Å². The van der Waals surface area contributed by atoms with Crippen LogP contribution in [0.1, 0.15) is 18.1 Å². The van der Waals surface area contributed by atoms with Gasteiger partial charge in [0, 0.05) is 11.8 Å². The van der Waals surface area contributed by atoms with Gasteiger partial charge in [-0.3, -0.25) is 8.98 Å². The summed E-state index contributed by atoms with van der Waals surface area (Å²) in [4.78, 5) is 13.1. The average Bonchev–Trinajstić information content (AvgIpc) is 3.19. The molecular formula is C29H32O8S2. The maximum absolute atomic E-state index is 12.2. The van der Waals surface area contributed by atoms with Gasteiger partial charge in [-0.05, 0) is 23.3 Å². The molecule has 1 heterocycles.